The topological polar surface area (TPSA) is 54.0 Å². The van der Waals surface area contributed by atoms with Crippen LogP contribution in [0.3, 0.4) is 0 Å². The van der Waals surface area contributed by atoms with Crippen LogP contribution in [-0.2, 0) is 0 Å². The summed E-state index contributed by atoms with van der Waals surface area (Å²) >= 11 is 0. The summed E-state index contributed by atoms with van der Waals surface area (Å²) in [7, 11) is 0. The minimum absolute atomic E-state index is 0.0783. The van der Waals surface area contributed by atoms with Crippen LogP contribution in [-0.4, -0.2) is 17.1 Å². The molecule has 0 bridgehead atoms. The van der Waals surface area contributed by atoms with Crippen LogP contribution >= 0.6 is 0 Å². The number of aryl methyl sites for hydroxylation is 1. The molecule has 1 aromatic heterocycles. The molecule has 2 unspecified atom stereocenters. The number of urea groups is 1. The van der Waals surface area contributed by atoms with E-state index in [-0.39, 0.29) is 6.03 Å². The van der Waals surface area contributed by atoms with E-state index < -0.39 is 0 Å². The molecule has 1 heterocycles. The summed E-state index contributed by atoms with van der Waals surface area (Å²) < 4.78 is 0. The molecular weight excluding hydrogens is 298 g/mol. The summed E-state index contributed by atoms with van der Waals surface area (Å²) in [6.45, 7) is 2.06. The van der Waals surface area contributed by atoms with Crippen molar-refractivity contribution in [2.45, 2.75) is 38.6 Å². The maximum atomic E-state index is 12.2. The molecule has 0 radical (unpaired) electrons. The smallest absolute Gasteiger partial charge is 0.319 e. The molecule has 4 nitrogen and oxygen atoms in total. The number of anilines is 1. The molecule has 0 spiro atoms. The second-order valence-electron chi connectivity index (χ2n) is 7.00. The highest BCUT2D eigenvalue weighted by atomic mass is 16.2. The first-order valence-electron chi connectivity index (χ1n) is 8.81. The molecule has 4 rings (SSSR count). The van der Waals surface area contributed by atoms with Gasteiger partial charge in [0.1, 0.15) is 0 Å². The molecule has 2 N–H and O–H groups in total. The van der Waals surface area contributed by atoms with E-state index in [1.165, 1.54) is 25.7 Å². The van der Waals surface area contributed by atoms with Gasteiger partial charge in [-0.2, -0.15) is 0 Å². The number of hydrogen-bond donors (Lipinski definition) is 2. The lowest BCUT2D eigenvalue weighted by Crippen LogP contribution is -2.32. The fraction of sp³-hybridized carbons (Fsp3) is 0.400. The highest BCUT2D eigenvalue weighted by Gasteiger charge is 2.51. The summed E-state index contributed by atoms with van der Waals surface area (Å²) in [6.07, 6.45) is 8.77. The summed E-state index contributed by atoms with van der Waals surface area (Å²) in [5.74, 6) is 1.45. The van der Waals surface area contributed by atoms with E-state index >= 15 is 0 Å². The molecule has 1 aromatic carbocycles. The molecule has 2 atom stereocenters. The first-order chi connectivity index (χ1) is 11.7. The number of rotatable bonds is 3. The molecule has 124 valence electrons. The molecule has 0 saturated heterocycles. The summed E-state index contributed by atoms with van der Waals surface area (Å²) in [4.78, 5) is 16.3. The minimum Gasteiger partial charge on any atom is -0.335 e. The van der Waals surface area contributed by atoms with Crippen LogP contribution in [0.4, 0.5) is 10.5 Å². The van der Waals surface area contributed by atoms with E-state index in [2.05, 4.69) is 28.6 Å². The van der Waals surface area contributed by atoms with Gasteiger partial charge < -0.3 is 10.6 Å². The van der Waals surface area contributed by atoms with Gasteiger partial charge in [-0.3, -0.25) is 4.98 Å². The van der Waals surface area contributed by atoms with Crippen LogP contribution < -0.4 is 10.6 Å². The fourth-order valence-electron chi connectivity index (χ4n) is 4.12. The van der Waals surface area contributed by atoms with Crippen molar-refractivity contribution in [3.63, 3.8) is 0 Å². The van der Waals surface area contributed by atoms with Crippen LogP contribution in [0.5, 0.6) is 0 Å². The summed E-state index contributed by atoms with van der Waals surface area (Å²) in [5.41, 5.74) is 4.28. The quantitative estimate of drug-likeness (QED) is 0.882. The number of nitrogens with one attached hydrogen (secondary N) is 2. The third-order valence-corrected chi connectivity index (χ3v) is 5.43. The normalized spacial score (nSPS) is 24.8. The second-order valence-corrected chi connectivity index (χ2v) is 7.00. The molecule has 2 aromatic rings. The van der Waals surface area contributed by atoms with E-state index in [1.807, 2.05) is 24.3 Å². The van der Waals surface area contributed by atoms with E-state index in [4.69, 9.17) is 0 Å². The Balaban J connectivity index is 1.40. The predicted octanol–water partition coefficient (Wildman–Crippen LogP) is 4.37. The number of aromatic nitrogens is 1. The van der Waals surface area contributed by atoms with Gasteiger partial charge in [-0.05, 0) is 72.6 Å². The molecule has 2 aliphatic carbocycles. The van der Waals surface area contributed by atoms with E-state index in [0.29, 0.717) is 6.04 Å². The number of carbonyl (C=O) groups is 1. The third kappa shape index (κ3) is 3.01. The van der Waals surface area contributed by atoms with E-state index in [0.717, 1.165) is 34.2 Å². The number of nitrogens with zero attached hydrogens (tertiary/aromatic N) is 1. The van der Waals surface area contributed by atoms with Gasteiger partial charge in [0.25, 0.3) is 0 Å². The van der Waals surface area contributed by atoms with Crippen LogP contribution in [0, 0.1) is 18.8 Å². The Morgan fingerprint density at radius 3 is 2.46 bits per heavy atom. The fourth-order valence-corrected chi connectivity index (χ4v) is 4.12. The van der Waals surface area contributed by atoms with Crippen molar-refractivity contribution in [3.05, 3.63) is 48.3 Å². The standard InChI is InChI=1S/C20H23N3O/c1-13-12-15(6-7-16(13)14-8-10-21-11-9-14)22-20(24)23-19-17-4-2-3-5-18(17)19/h6-12,17-19H,2-5H2,1H3,(H2,22,23,24). The number of carbonyl (C=O) groups excluding carboxylic acids is 1. The Labute approximate surface area is 142 Å². The Morgan fingerprint density at radius 1 is 1.08 bits per heavy atom. The number of fused-ring (bicyclic) bond motifs is 1. The highest BCUT2D eigenvalue weighted by Crippen LogP contribution is 2.49. The van der Waals surface area contributed by atoms with Crippen LogP contribution in [0.15, 0.2) is 42.7 Å². The maximum Gasteiger partial charge on any atom is 0.319 e. The SMILES string of the molecule is Cc1cc(NC(=O)NC2C3CCCCC32)ccc1-c1ccncc1. The lowest BCUT2D eigenvalue weighted by molar-refractivity contribution is 0.251. The van der Waals surface area contributed by atoms with E-state index in [1.54, 1.807) is 12.4 Å². The largest absolute Gasteiger partial charge is 0.335 e. The summed E-state index contributed by atoms with van der Waals surface area (Å²) in [6, 6.07) is 10.3. The summed E-state index contributed by atoms with van der Waals surface area (Å²) in [5, 5.41) is 6.13. The minimum atomic E-state index is -0.0783. The van der Waals surface area contributed by atoms with Gasteiger partial charge in [-0.15, -0.1) is 0 Å². The van der Waals surface area contributed by atoms with Gasteiger partial charge in [0.05, 0.1) is 0 Å². The maximum absolute atomic E-state index is 12.2. The molecule has 2 aliphatic rings. The molecule has 4 heteroatoms. The predicted molar refractivity (Wildman–Crippen MR) is 95.8 cm³/mol. The molecule has 0 aliphatic heterocycles. The molecular formula is C20H23N3O. The van der Waals surface area contributed by atoms with Crippen molar-refractivity contribution < 1.29 is 4.79 Å². The molecule has 24 heavy (non-hydrogen) atoms. The molecule has 2 fully saturated rings. The van der Waals surface area contributed by atoms with Crippen molar-refractivity contribution in [1.82, 2.24) is 10.3 Å². The van der Waals surface area contributed by atoms with Crippen LogP contribution in [0.25, 0.3) is 11.1 Å². The van der Waals surface area contributed by atoms with Gasteiger partial charge >= 0.3 is 6.03 Å². The van der Waals surface area contributed by atoms with Crippen LogP contribution in [0.1, 0.15) is 31.2 Å². The van der Waals surface area contributed by atoms with Gasteiger partial charge in [-0.1, -0.05) is 18.9 Å². The number of hydrogen-bond acceptors (Lipinski definition) is 2. The van der Waals surface area contributed by atoms with Gasteiger partial charge in [0.15, 0.2) is 0 Å². The second kappa shape index (κ2) is 6.27. The zero-order chi connectivity index (χ0) is 16.5. The lowest BCUT2D eigenvalue weighted by atomic mass is 10.0. The lowest BCUT2D eigenvalue weighted by Gasteiger charge is -2.11. The highest BCUT2D eigenvalue weighted by molar-refractivity contribution is 5.90. The Bertz CT molecular complexity index is 732. The number of benzene rings is 1. The van der Waals surface area contributed by atoms with Crippen molar-refractivity contribution >= 4 is 11.7 Å². The third-order valence-electron chi connectivity index (χ3n) is 5.43. The number of pyridine rings is 1. The first kappa shape index (κ1) is 15.2. The van der Waals surface area contributed by atoms with Crippen LogP contribution in [0.2, 0.25) is 0 Å². The average molecular weight is 321 g/mol. The monoisotopic (exact) mass is 321 g/mol. The Kier molecular flexibility index (Phi) is 3.97. The average Bonchev–Trinajstić information content (AvgIpc) is 3.29. The van der Waals surface area contributed by atoms with Gasteiger partial charge in [0, 0.05) is 24.1 Å². The Morgan fingerprint density at radius 2 is 1.79 bits per heavy atom. The van der Waals surface area contributed by atoms with Crippen molar-refractivity contribution in [1.29, 1.82) is 0 Å². The number of amides is 2. The van der Waals surface area contributed by atoms with Crippen molar-refractivity contribution in [3.8, 4) is 11.1 Å². The van der Waals surface area contributed by atoms with Gasteiger partial charge in [0.2, 0.25) is 0 Å². The molecule has 2 saturated carbocycles. The first-order valence-corrected chi connectivity index (χ1v) is 8.81. The van der Waals surface area contributed by atoms with E-state index in [9.17, 15) is 4.79 Å². The van der Waals surface area contributed by atoms with Crippen molar-refractivity contribution in [2.75, 3.05) is 5.32 Å². The zero-order valence-electron chi connectivity index (χ0n) is 14.0. The molecule has 2 amide bonds. The van der Waals surface area contributed by atoms with Gasteiger partial charge in [-0.25, -0.2) is 4.79 Å². The van der Waals surface area contributed by atoms with Crippen molar-refractivity contribution in [2.24, 2.45) is 11.8 Å². The zero-order valence-corrected chi connectivity index (χ0v) is 14.0. The Hall–Kier alpha value is -2.36.